The molecule has 2 nitrogen and oxygen atoms in total. The molecule has 1 atom stereocenters. The van der Waals surface area contributed by atoms with E-state index >= 15 is 0 Å². The van der Waals surface area contributed by atoms with Gasteiger partial charge in [-0.15, -0.1) is 0 Å². The topological polar surface area (TPSA) is 21.3 Å². The molecule has 0 heterocycles. The Kier molecular flexibility index (Phi) is 4.13. The van der Waals surface area contributed by atoms with Crippen LogP contribution in [0.4, 0.5) is 4.39 Å². The highest BCUT2D eigenvalue weighted by molar-refractivity contribution is 5.21. The molecule has 1 aromatic carbocycles. The Morgan fingerprint density at radius 3 is 2.47 bits per heavy atom. The van der Waals surface area contributed by atoms with Crippen molar-refractivity contribution < 1.29 is 9.23 Å². The maximum Gasteiger partial charge on any atom is 0.123 e. The van der Waals surface area contributed by atoms with Crippen LogP contribution in [-0.2, 0) is 4.84 Å². The molecule has 0 amide bonds. The molecule has 0 bridgehead atoms. The van der Waals surface area contributed by atoms with Gasteiger partial charge in [-0.3, -0.25) is 0 Å². The van der Waals surface area contributed by atoms with E-state index in [4.69, 9.17) is 4.84 Å². The zero-order valence-electron chi connectivity index (χ0n) is 10.4. The lowest BCUT2D eigenvalue weighted by Gasteiger charge is -2.19. The fourth-order valence-electron chi connectivity index (χ4n) is 1.84. The van der Waals surface area contributed by atoms with E-state index in [9.17, 15) is 4.39 Å². The molecule has 94 valence electrons. The standard InChI is InChI=1S/C14H20FNO/c1-10(2)9-17-16-14(11-3-4-11)12-5-7-13(15)8-6-12/h5-8,10-11,14,16H,3-4,9H2,1-2H3. The van der Waals surface area contributed by atoms with Crippen molar-refractivity contribution in [3.8, 4) is 0 Å². The Bertz CT molecular complexity index is 346. The van der Waals surface area contributed by atoms with E-state index in [1.807, 2.05) is 12.1 Å². The molecular formula is C14H20FNO. The maximum absolute atomic E-state index is 12.9. The van der Waals surface area contributed by atoms with E-state index < -0.39 is 0 Å². The van der Waals surface area contributed by atoms with Crippen LogP contribution in [0.3, 0.4) is 0 Å². The minimum Gasteiger partial charge on any atom is -0.301 e. The predicted octanol–water partition coefficient (Wildman–Crippen LogP) is 3.45. The van der Waals surface area contributed by atoms with Crippen molar-refractivity contribution in [3.05, 3.63) is 35.6 Å². The fourth-order valence-corrected chi connectivity index (χ4v) is 1.84. The molecule has 0 aliphatic heterocycles. The van der Waals surface area contributed by atoms with Crippen LogP contribution in [0.1, 0.15) is 38.3 Å². The van der Waals surface area contributed by atoms with Crippen LogP contribution in [0.25, 0.3) is 0 Å². The molecule has 0 aromatic heterocycles. The summed E-state index contributed by atoms with van der Waals surface area (Å²) in [6.07, 6.45) is 2.44. The zero-order chi connectivity index (χ0) is 12.3. The average molecular weight is 237 g/mol. The van der Waals surface area contributed by atoms with Crippen LogP contribution < -0.4 is 5.48 Å². The average Bonchev–Trinajstić information content (AvgIpc) is 3.10. The Hall–Kier alpha value is -0.930. The van der Waals surface area contributed by atoms with Crippen LogP contribution in [-0.4, -0.2) is 6.61 Å². The lowest BCUT2D eigenvalue weighted by atomic mass is 10.0. The zero-order valence-corrected chi connectivity index (χ0v) is 10.4. The first kappa shape index (κ1) is 12.5. The van der Waals surface area contributed by atoms with Crippen LogP contribution >= 0.6 is 0 Å². The summed E-state index contributed by atoms with van der Waals surface area (Å²) in [5, 5.41) is 0. The second kappa shape index (κ2) is 5.61. The summed E-state index contributed by atoms with van der Waals surface area (Å²) < 4.78 is 12.9. The van der Waals surface area contributed by atoms with Gasteiger partial charge in [0.25, 0.3) is 0 Å². The van der Waals surface area contributed by atoms with Crippen LogP contribution in [0, 0.1) is 17.7 Å². The molecule has 3 heteroatoms. The quantitative estimate of drug-likeness (QED) is 0.765. The van der Waals surface area contributed by atoms with Crippen LogP contribution in [0.2, 0.25) is 0 Å². The minimum absolute atomic E-state index is 0.189. The lowest BCUT2D eigenvalue weighted by molar-refractivity contribution is -0.00466. The van der Waals surface area contributed by atoms with E-state index in [1.54, 1.807) is 0 Å². The predicted molar refractivity (Wildman–Crippen MR) is 65.8 cm³/mol. The Morgan fingerprint density at radius 2 is 1.94 bits per heavy atom. The molecule has 1 aromatic rings. The molecule has 1 fully saturated rings. The van der Waals surface area contributed by atoms with Crippen molar-refractivity contribution in [2.75, 3.05) is 6.61 Å². The van der Waals surface area contributed by atoms with Gasteiger partial charge in [0.05, 0.1) is 12.6 Å². The lowest BCUT2D eigenvalue weighted by Crippen LogP contribution is -2.25. The number of hydrogen-bond donors (Lipinski definition) is 1. The third kappa shape index (κ3) is 3.79. The van der Waals surface area contributed by atoms with Crippen LogP contribution in [0.15, 0.2) is 24.3 Å². The second-order valence-electron chi connectivity index (χ2n) is 5.19. The number of hydrogen-bond acceptors (Lipinski definition) is 2. The van der Waals surface area contributed by atoms with Crippen molar-refractivity contribution in [2.45, 2.75) is 32.7 Å². The first-order chi connectivity index (χ1) is 8.16. The number of halogens is 1. The third-order valence-corrected chi connectivity index (χ3v) is 2.95. The van der Waals surface area contributed by atoms with Gasteiger partial charge >= 0.3 is 0 Å². The number of nitrogens with one attached hydrogen (secondary N) is 1. The highest BCUT2D eigenvalue weighted by Gasteiger charge is 2.32. The van der Waals surface area contributed by atoms with E-state index in [-0.39, 0.29) is 11.9 Å². The van der Waals surface area contributed by atoms with Gasteiger partial charge in [0.2, 0.25) is 0 Å². The molecule has 1 saturated carbocycles. The van der Waals surface area contributed by atoms with Gasteiger partial charge in [-0.1, -0.05) is 26.0 Å². The van der Waals surface area contributed by atoms with Gasteiger partial charge in [0, 0.05) is 0 Å². The second-order valence-corrected chi connectivity index (χ2v) is 5.19. The number of benzene rings is 1. The van der Waals surface area contributed by atoms with E-state index in [0.717, 1.165) is 5.56 Å². The van der Waals surface area contributed by atoms with Gasteiger partial charge in [-0.2, -0.15) is 5.48 Å². The van der Waals surface area contributed by atoms with Crippen molar-refractivity contribution in [1.29, 1.82) is 0 Å². The molecule has 0 radical (unpaired) electrons. The van der Waals surface area contributed by atoms with E-state index in [0.29, 0.717) is 18.4 Å². The summed E-state index contributed by atoms with van der Waals surface area (Å²) in [7, 11) is 0. The molecule has 0 spiro atoms. The number of rotatable bonds is 6. The summed E-state index contributed by atoms with van der Waals surface area (Å²) in [6, 6.07) is 6.90. The fraction of sp³-hybridized carbons (Fsp3) is 0.571. The minimum atomic E-state index is -0.189. The monoisotopic (exact) mass is 237 g/mol. The normalized spacial score (nSPS) is 17.4. The van der Waals surface area contributed by atoms with Gasteiger partial charge in [-0.25, -0.2) is 4.39 Å². The van der Waals surface area contributed by atoms with Gasteiger partial charge < -0.3 is 4.84 Å². The molecule has 1 unspecified atom stereocenters. The molecule has 0 saturated heterocycles. The largest absolute Gasteiger partial charge is 0.301 e. The van der Waals surface area contributed by atoms with Crippen molar-refractivity contribution in [2.24, 2.45) is 11.8 Å². The first-order valence-corrected chi connectivity index (χ1v) is 6.29. The maximum atomic E-state index is 12.9. The van der Waals surface area contributed by atoms with E-state index in [1.165, 1.54) is 25.0 Å². The molecule has 1 N–H and O–H groups in total. The van der Waals surface area contributed by atoms with E-state index in [2.05, 4.69) is 19.3 Å². The third-order valence-electron chi connectivity index (χ3n) is 2.95. The number of hydroxylamine groups is 1. The summed E-state index contributed by atoms with van der Waals surface area (Å²) in [5.74, 6) is 0.953. The van der Waals surface area contributed by atoms with Gasteiger partial charge in [0.1, 0.15) is 5.82 Å². The summed E-state index contributed by atoms with van der Waals surface area (Å²) in [5.41, 5.74) is 4.24. The van der Waals surface area contributed by atoms with Crippen molar-refractivity contribution >= 4 is 0 Å². The molecule has 2 rings (SSSR count). The summed E-state index contributed by atoms with van der Waals surface area (Å²) in [4.78, 5) is 5.50. The van der Waals surface area contributed by atoms with Gasteiger partial charge in [0.15, 0.2) is 0 Å². The molecular weight excluding hydrogens is 217 g/mol. The summed E-state index contributed by atoms with van der Waals surface area (Å²) >= 11 is 0. The SMILES string of the molecule is CC(C)CONC(c1ccc(F)cc1)C1CC1. The Labute approximate surface area is 102 Å². The Morgan fingerprint density at radius 1 is 1.29 bits per heavy atom. The van der Waals surface area contributed by atoms with Crippen molar-refractivity contribution in [1.82, 2.24) is 5.48 Å². The van der Waals surface area contributed by atoms with Crippen molar-refractivity contribution in [3.63, 3.8) is 0 Å². The molecule has 1 aliphatic rings. The summed E-state index contributed by atoms with van der Waals surface area (Å²) in [6.45, 7) is 4.93. The highest BCUT2D eigenvalue weighted by atomic mass is 19.1. The Balaban J connectivity index is 1.94. The smallest absolute Gasteiger partial charge is 0.123 e. The first-order valence-electron chi connectivity index (χ1n) is 6.29. The van der Waals surface area contributed by atoms with Gasteiger partial charge in [-0.05, 0) is 42.4 Å². The molecule has 17 heavy (non-hydrogen) atoms. The highest BCUT2D eigenvalue weighted by Crippen LogP contribution is 2.40. The molecule has 1 aliphatic carbocycles. The van der Waals surface area contributed by atoms with Crippen LogP contribution in [0.5, 0.6) is 0 Å².